The Balaban J connectivity index is 5.15. The molecular formula is C16H31N3O4. The van der Waals surface area contributed by atoms with Gasteiger partial charge >= 0.3 is 0 Å². The summed E-state index contributed by atoms with van der Waals surface area (Å²) < 4.78 is 0. The van der Waals surface area contributed by atoms with Gasteiger partial charge in [0.15, 0.2) is 0 Å². The van der Waals surface area contributed by atoms with Crippen LogP contribution in [0.5, 0.6) is 0 Å². The molecule has 0 fully saturated rings. The van der Waals surface area contributed by atoms with Crippen LogP contribution in [0.15, 0.2) is 0 Å². The zero-order chi connectivity index (χ0) is 18.2. The lowest BCUT2D eigenvalue weighted by atomic mass is 9.85. The Bertz CT molecular complexity index is 405. The molecular weight excluding hydrogens is 298 g/mol. The quantitative estimate of drug-likeness (QED) is 0.378. The number of carbonyl (C=O) groups is 3. The molecule has 0 aliphatic rings. The number of nitrogens with zero attached hydrogens (tertiary/aromatic N) is 2. The minimum atomic E-state index is -0.669. The average Bonchev–Trinajstić information content (AvgIpc) is 2.46. The average molecular weight is 329 g/mol. The van der Waals surface area contributed by atoms with E-state index in [2.05, 4.69) is 5.32 Å². The third-order valence-electron chi connectivity index (χ3n) is 3.65. The van der Waals surface area contributed by atoms with Gasteiger partial charge in [-0.1, -0.05) is 40.5 Å². The summed E-state index contributed by atoms with van der Waals surface area (Å²) in [6.07, 6.45) is 2.51. The van der Waals surface area contributed by atoms with Crippen molar-refractivity contribution in [3.8, 4) is 0 Å². The summed E-state index contributed by atoms with van der Waals surface area (Å²) in [5.74, 6) is -1.06. The Morgan fingerprint density at radius 3 is 2.22 bits per heavy atom. The molecule has 2 N–H and O–H groups in total. The fraction of sp³-hybridized carbons (Fsp3) is 0.812. The monoisotopic (exact) mass is 329 g/mol. The van der Waals surface area contributed by atoms with Gasteiger partial charge in [0.1, 0.15) is 6.04 Å². The van der Waals surface area contributed by atoms with E-state index in [4.69, 9.17) is 0 Å². The number of likely N-dealkylation sites (N-methyl/N-ethyl adjacent to an activating group) is 1. The summed E-state index contributed by atoms with van der Waals surface area (Å²) in [7, 11) is 3.29. The first kappa shape index (κ1) is 21.4. The van der Waals surface area contributed by atoms with Crippen LogP contribution in [-0.4, -0.2) is 60.1 Å². The van der Waals surface area contributed by atoms with Crippen LogP contribution in [0, 0.1) is 11.3 Å². The third kappa shape index (κ3) is 7.45. The van der Waals surface area contributed by atoms with Crippen molar-refractivity contribution in [2.75, 3.05) is 20.6 Å². The molecule has 0 aliphatic heterocycles. The minimum absolute atomic E-state index is 0.0810. The Hall–Kier alpha value is -1.63. The molecule has 3 amide bonds. The number of amides is 3. The highest BCUT2D eigenvalue weighted by atomic mass is 16.5. The highest BCUT2D eigenvalue weighted by Gasteiger charge is 2.35. The van der Waals surface area contributed by atoms with Crippen molar-refractivity contribution in [3.63, 3.8) is 0 Å². The molecule has 0 aromatic carbocycles. The predicted octanol–water partition coefficient (Wildman–Crippen LogP) is 1.26. The highest BCUT2D eigenvalue weighted by Crippen LogP contribution is 2.22. The molecule has 7 nitrogen and oxygen atoms in total. The fourth-order valence-electron chi connectivity index (χ4n) is 2.19. The van der Waals surface area contributed by atoms with Gasteiger partial charge in [0.25, 0.3) is 0 Å². The first-order valence-electron chi connectivity index (χ1n) is 7.96. The second-order valence-corrected chi connectivity index (χ2v) is 7.11. The van der Waals surface area contributed by atoms with Crippen molar-refractivity contribution in [2.45, 2.75) is 53.0 Å². The van der Waals surface area contributed by atoms with Gasteiger partial charge in [0, 0.05) is 14.1 Å². The lowest BCUT2D eigenvalue weighted by Crippen LogP contribution is -2.55. The first-order chi connectivity index (χ1) is 10.5. The number of hydrogen-bond acceptors (Lipinski definition) is 4. The molecule has 23 heavy (non-hydrogen) atoms. The third-order valence-corrected chi connectivity index (χ3v) is 3.65. The molecule has 0 saturated carbocycles. The lowest BCUT2D eigenvalue weighted by Gasteiger charge is -2.33. The lowest BCUT2D eigenvalue weighted by molar-refractivity contribution is -0.155. The maximum absolute atomic E-state index is 12.5. The van der Waals surface area contributed by atoms with Crippen LogP contribution in [0.3, 0.4) is 0 Å². The number of nitrogens with one attached hydrogen (secondary N) is 1. The molecule has 0 aromatic rings. The zero-order valence-corrected chi connectivity index (χ0v) is 15.1. The van der Waals surface area contributed by atoms with Gasteiger partial charge in [0.2, 0.25) is 18.2 Å². The SMILES string of the molecule is CCCC[C@H](CN(O)C=O)C(=O)NC(C(=O)N(C)C)C(C)(C)C. The van der Waals surface area contributed by atoms with E-state index in [1.54, 1.807) is 14.1 Å². The Labute approximate surface area is 139 Å². The Morgan fingerprint density at radius 1 is 1.26 bits per heavy atom. The molecule has 0 aromatic heterocycles. The maximum Gasteiger partial charge on any atom is 0.245 e. The second-order valence-electron chi connectivity index (χ2n) is 7.11. The van der Waals surface area contributed by atoms with Crippen molar-refractivity contribution in [3.05, 3.63) is 0 Å². The number of hydroxylamine groups is 2. The van der Waals surface area contributed by atoms with Gasteiger partial charge in [-0.2, -0.15) is 0 Å². The van der Waals surface area contributed by atoms with E-state index in [0.29, 0.717) is 11.5 Å². The standard InChI is InChI=1S/C16H31N3O4/c1-7-8-9-12(10-19(23)11-20)14(21)17-13(16(2,3)4)15(22)18(5)6/h11-13,23H,7-10H2,1-6H3,(H,17,21)/t12-,13?/m1/s1. The number of carbonyl (C=O) groups excluding carboxylic acids is 3. The molecule has 134 valence electrons. The molecule has 0 rings (SSSR count). The van der Waals surface area contributed by atoms with Crippen molar-refractivity contribution >= 4 is 18.2 Å². The molecule has 0 heterocycles. The molecule has 2 atom stereocenters. The normalized spacial score (nSPS) is 13.9. The van der Waals surface area contributed by atoms with Gasteiger partial charge in [-0.3, -0.25) is 19.6 Å². The Morgan fingerprint density at radius 2 is 1.83 bits per heavy atom. The van der Waals surface area contributed by atoms with Gasteiger partial charge in [-0.25, -0.2) is 5.06 Å². The van der Waals surface area contributed by atoms with E-state index >= 15 is 0 Å². The molecule has 0 bridgehead atoms. The topological polar surface area (TPSA) is 90.0 Å². The zero-order valence-electron chi connectivity index (χ0n) is 15.1. The van der Waals surface area contributed by atoms with Crippen LogP contribution >= 0.6 is 0 Å². The number of rotatable bonds is 9. The van der Waals surface area contributed by atoms with E-state index in [-0.39, 0.29) is 24.8 Å². The summed E-state index contributed by atoms with van der Waals surface area (Å²) in [5.41, 5.74) is -0.449. The number of hydrogen-bond donors (Lipinski definition) is 2. The van der Waals surface area contributed by atoms with Gasteiger partial charge in [-0.15, -0.1) is 0 Å². The van der Waals surface area contributed by atoms with Crippen LogP contribution in [0.25, 0.3) is 0 Å². The highest BCUT2D eigenvalue weighted by molar-refractivity contribution is 5.89. The summed E-state index contributed by atoms with van der Waals surface area (Å²) >= 11 is 0. The van der Waals surface area contributed by atoms with E-state index in [0.717, 1.165) is 12.8 Å². The van der Waals surface area contributed by atoms with Crippen molar-refractivity contribution in [1.82, 2.24) is 15.3 Å². The van der Waals surface area contributed by atoms with Gasteiger partial charge < -0.3 is 10.2 Å². The van der Waals surface area contributed by atoms with Crippen molar-refractivity contribution in [1.29, 1.82) is 0 Å². The van der Waals surface area contributed by atoms with E-state index in [1.807, 2.05) is 27.7 Å². The summed E-state index contributed by atoms with van der Waals surface area (Å²) in [5, 5.41) is 12.6. The van der Waals surface area contributed by atoms with Gasteiger partial charge in [0.05, 0.1) is 12.5 Å². The summed E-state index contributed by atoms with van der Waals surface area (Å²) in [6.45, 7) is 7.56. The van der Waals surface area contributed by atoms with E-state index in [1.165, 1.54) is 4.90 Å². The van der Waals surface area contributed by atoms with Crippen molar-refractivity contribution < 1.29 is 19.6 Å². The maximum atomic E-state index is 12.5. The Kier molecular flexibility index (Phi) is 8.82. The first-order valence-corrected chi connectivity index (χ1v) is 7.96. The van der Waals surface area contributed by atoms with Crippen LogP contribution in [0.1, 0.15) is 47.0 Å². The van der Waals surface area contributed by atoms with Crippen LogP contribution in [0.4, 0.5) is 0 Å². The summed E-state index contributed by atoms with van der Waals surface area (Å²) in [6, 6.07) is -0.669. The molecule has 0 aliphatic carbocycles. The molecule has 0 spiro atoms. The van der Waals surface area contributed by atoms with Gasteiger partial charge in [-0.05, 0) is 11.8 Å². The smallest absolute Gasteiger partial charge is 0.245 e. The van der Waals surface area contributed by atoms with Crippen LogP contribution in [-0.2, 0) is 14.4 Å². The second kappa shape index (κ2) is 9.50. The minimum Gasteiger partial charge on any atom is -0.347 e. The molecule has 0 saturated heterocycles. The predicted molar refractivity (Wildman–Crippen MR) is 87.7 cm³/mol. The van der Waals surface area contributed by atoms with E-state index < -0.39 is 17.4 Å². The number of unbranched alkanes of at least 4 members (excludes halogenated alkanes) is 1. The molecule has 1 unspecified atom stereocenters. The molecule has 0 radical (unpaired) electrons. The largest absolute Gasteiger partial charge is 0.347 e. The fourth-order valence-corrected chi connectivity index (χ4v) is 2.19. The summed E-state index contributed by atoms with van der Waals surface area (Å²) in [4.78, 5) is 36.9. The molecule has 7 heteroatoms. The van der Waals surface area contributed by atoms with Crippen LogP contribution in [0.2, 0.25) is 0 Å². The van der Waals surface area contributed by atoms with E-state index in [9.17, 15) is 19.6 Å². The van der Waals surface area contributed by atoms with Crippen molar-refractivity contribution in [2.24, 2.45) is 11.3 Å². The van der Waals surface area contributed by atoms with Crippen LogP contribution < -0.4 is 5.32 Å².